The standard InChI is InChI=1S/C56H71ClN8O7S/c1-34(36-10-12-37(13-11-36)46-35(2)59-33-73-46)60-49(69)44-26-41(66)29-65(44)50(70)47(53(3,4)5)61-45(67)30-64-24-22-63(23-25-64)21-20-56(31-71-32-56)40-17-14-38(15-18-40)48(68)62-51-54(6,7)52(55(51,8)9)72-42-19-16-39(28-58)43(57)27-42/h10-19,27,33-34,41,44,47,51-52,66H,20-26,29-32H2,1-9H3,(H,60,69)(H,61,67)(H,62,68)/t34?,41-,44+,47-,51?,52?/m1/s1. The number of aromatic nitrogens is 1. The van der Waals surface area contributed by atoms with Crippen molar-refractivity contribution in [2.24, 2.45) is 16.2 Å². The first-order chi connectivity index (χ1) is 34.5. The summed E-state index contributed by atoms with van der Waals surface area (Å²) in [4.78, 5) is 66.9. The molecule has 4 heterocycles. The summed E-state index contributed by atoms with van der Waals surface area (Å²) >= 11 is 7.86. The maximum absolute atomic E-state index is 14.3. The molecule has 4 amide bonds. The van der Waals surface area contributed by atoms with Gasteiger partial charge in [-0.3, -0.25) is 24.1 Å². The first-order valence-electron chi connectivity index (χ1n) is 25.4. The Labute approximate surface area is 439 Å². The number of benzene rings is 3. The lowest BCUT2D eigenvalue weighted by Crippen LogP contribution is -2.74. The maximum Gasteiger partial charge on any atom is 0.251 e. The van der Waals surface area contributed by atoms with E-state index in [0.29, 0.717) is 48.2 Å². The minimum atomic E-state index is -0.913. The van der Waals surface area contributed by atoms with Crippen LogP contribution in [0.3, 0.4) is 0 Å². The van der Waals surface area contributed by atoms with E-state index in [4.69, 9.17) is 21.1 Å². The topological polar surface area (TPSA) is 189 Å². The van der Waals surface area contributed by atoms with Crippen molar-refractivity contribution in [3.63, 3.8) is 0 Å². The summed E-state index contributed by atoms with van der Waals surface area (Å²) in [5.74, 6) is -0.560. The second-order valence-electron chi connectivity index (χ2n) is 22.9. The second kappa shape index (κ2) is 21.4. The molecule has 1 aliphatic carbocycles. The number of thiazole rings is 1. The van der Waals surface area contributed by atoms with Crippen LogP contribution in [0.5, 0.6) is 5.75 Å². The van der Waals surface area contributed by atoms with E-state index in [9.17, 15) is 29.5 Å². The van der Waals surface area contributed by atoms with E-state index in [0.717, 1.165) is 53.3 Å². The van der Waals surface area contributed by atoms with Gasteiger partial charge in [-0.2, -0.15) is 5.26 Å². The van der Waals surface area contributed by atoms with Gasteiger partial charge in [0.05, 0.1) is 58.6 Å². The van der Waals surface area contributed by atoms with Crippen molar-refractivity contribution in [3.05, 3.63) is 105 Å². The highest BCUT2D eigenvalue weighted by molar-refractivity contribution is 7.13. The van der Waals surface area contributed by atoms with Crippen LogP contribution in [0.1, 0.15) is 107 Å². The number of nitrogens with one attached hydrogen (secondary N) is 3. The van der Waals surface area contributed by atoms with Gasteiger partial charge in [-0.05, 0) is 73.2 Å². The third-order valence-electron chi connectivity index (χ3n) is 15.7. The highest BCUT2D eigenvalue weighted by Gasteiger charge is 2.64. The smallest absolute Gasteiger partial charge is 0.251 e. The van der Waals surface area contributed by atoms with E-state index in [2.05, 4.69) is 76.6 Å². The summed E-state index contributed by atoms with van der Waals surface area (Å²) in [6, 6.07) is 20.7. The Bertz CT molecular complexity index is 2690. The van der Waals surface area contributed by atoms with Crippen LogP contribution in [0.15, 0.2) is 72.2 Å². The van der Waals surface area contributed by atoms with Crippen molar-refractivity contribution >= 4 is 46.6 Å². The fraction of sp³-hybridized carbons (Fsp3) is 0.536. The number of amides is 4. The lowest BCUT2D eigenvalue weighted by molar-refractivity contribution is -0.164. The molecule has 4 aromatic rings. The summed E-state index contributed by atoms with van der Waals surface area (Å²) in [5, 5.41) is 29.7. The van der Waals surface area contributed by atoms with Gasteiger partial charge in [0.25, 0.3) is 5.91 Å². The van der Waals surface area contributed by atoms with Gasteiger partial charge in [-0.25, -0.2) is 4.98 Å². The third-order valence-corrected chi connectivity index (χ3v) is 17.0. The molecule has 4 fully saturated rings. The Morgan fingerprint density at radius 1 is 0.959 bits per heavy atom. The predicted octanol–water partition coefficient (Wildman–Crippen LogP) is 6.90. The van der Waals surface area contributed by atoms with Gasteiger partial charge >= 0.3 is 0 Å². The van der Waals surface area contributed by atoms with E-state index in [-0.39, 0.29) is 77.6 Å². The Morgan fingerprint density at radius 2 is 1.62 bits per heavy atom. The highest BCUT2D eigenvalue weighted by Crippen LogP contribution is 2.55. The number of aryl methyl sites for hydroxylation is 1. The predicted molar refractivity (Wildman–Crippen MR) is 282 cm³/mol. The van der Waals surface area contributed by atoms with Crippen LogP contribution in [0, 0.1) is 34.5 Å². The molecule has 3 aromatic carbocycles. The first-order valence-corrected chi connectivity index (χ1v) is 26.7. The van der Waals surface area contributed by atoms with E-state index >= 15 is 0 Å². The van der Waals surface area contributed by atoms with Gasteiger partial charge in [0, 0.05) is 73.1 Å². The molecule has 390 valence electrons. The number of rotatable bonds is 16. The number of nitriles is 1. The van der Waals surface area contributed by atoms with Crippen LogP contribution in [0.25, 0.3) is 10.4 Å². The molecule has 3 aliphatic heterocycles. The third kappa shape index (κ3) is 11.5. The zero-order valence-corrected chi connectivity index (χ0v) is 45.2. The van der Waals surface area contributed by atoms with E-state index < -0.39 is 23.6 Å². The fourth-order valence-electron chi connectivity index (χ4n) is 11.6. The SMILES string of the molecule is Cc1ncsc1-c1ccc(C(C)NC(=O)[C@@H]2C[C@@H](O)CN2C(=O)[C@@H](NC(=O)CN2CCN(CCC3(c4ccc(C(=O)NC5C(C)(C)C(Oc6ccc(C#N)c(Cl)c6)C5(C)C)cc4)COC3)CC2)C(C)(C)C)cc1. The number of carbonyl (C=O) groups excluding carboxylic acids is 4. The number of ether oxygens (including phenoxy) is 2. The average molecular weight is 1040 g/mol. The van der Waals surface area contributed by atoms with E-state index in [1.54, 1.807) is 29.5 Å². The number of piperazine rings is 1. The summed E-state index contributed by atoms with van der Waals surface area (Å²) in [6.07, 6.45) is -0.0798. The second-order valence-corrected chi connectivity index (χ2v) is 24.2. The lowest BCUT2D eigenvalue weighted by Gasteiger charge is -2.63. The normalized spacial score (nSPS) is 23.2. The molecule has 1 unspecified atom stereocenters. The van der Waals surface area contributed by atoms with E-state index in [1.807, 2.05) is 76.5 Å². The first kappa shape index (κ1) is 53.9. The van der Waals surface area contributed by atoms with E-state index in [1.165, 1.54) is 4.90 Å². The minimum absolute atomic E-state index is 0.00439. The average Bonchev–Trinajstić information content (AvgIpc) is 3.96. The molecule has 0 spiro atoms. The highest BCUT2D eigenvalue weighted by atomic mass is 35.5. The summed E-state index contributed by atoms with van der Waals surface area (Å²) in [6.45, 7) is 23.0. The number of nitrogens with zero attached hydrogens (tertiary/aromatic N) is 5. The molecule has 3 saturated heterocycles. The summed E-state index contributed by atoms with van der Waals surface area (Å²) < 4.78 is 12.2. The summed E-state index contributed by atoms with van der Waals surface area (Å²) in [7, 11) is 0. The molecular weight excluding hydrogens is 964 g/mol. The van der Waals surface area contributed by atoms with Gasteiger partial charge in [0.1, 0.15) is 30.0 Å². The zero-order valence-electron chi connectivity index (χ0n) is 43.6. The van der Waals surface area contributed by atoms with Gasteiger partial charge in [-0.15, -0.1) is 11.3 Å². The Hall–Kier alpha value is -5.41. The molecule has 17 heteroatoms. The monoisotopic (exact) mass is 1030 g/mol. The van der Waals surface area contributed by atoms with Crippen molar-refractivity contribution in [2.75, 3.05) is 59.0 Å². The van der Waals surface area contributed by atoms with Crippen molar-refractivity contribution in [1.29, 1.82) is 5.26 Å². The molecule has 15 nitrogen and oxygen atoms in total. The van der Waals surface area contributed by atoms with Crippen molar-refractivity contribution in [1.82, 2.24) is 35.6 Å². The quantitative estimate of drug-likeness (QED) is 0.0914. The minimum Gasteiger partial charge on any atom is -0.489 e. The lowest BCUT2D eigenvalue weighted by atomic mass is 9.49. The van der Waals surface area contributed by atoms with Crippen molar-refractivity contribution < 1.29 is 33.8 Å². The van der Waals surface area contributed by atoms with Crippen LogP contribution in [0.2, 0.25) is 5.02 Å². The number of hydrogen-bond acceptors (Lipinski definition) is 12. The molecule has 1 saturated carbocycles. The van der Waals surface area contributed by atoms with Crippen LogP contribution < -0.4 is 20.7 Å². The molecule has 0 bridgehead atoms. The Kier molecular flexibility index (Phi) is 15.8. The van der Waals surface area contributed by atoms with Crippen molar-refractivity contribution in [2.45, 2.75) is 117 Å². The maximum atomic E-state index is 14.3. The van der Waals surface area contributed by atoms with Gasteiger partial charge in [-0.1, -0.05) is 96.5 Å². The number of halogens is 1. The number of carbonyl (C=O) groups is 4. The Morgan fingerprint density at radius 3 is 2.19 bits per heavy atom. The molecule has 0 radical (unpaired) electrons. The number of likely N-dealkylation sites (tertiary alicyclic amines) is 1. The molecular formula is C56H71ClN8O7S. The van der Waals surface area contributed by atoms with Gasteiger partial charge in [0.2, 0.25) is 17.7 Å². The molecule has 4 atom stereocenters. The Balaban J connectivity index is 0.796. The molecule has 4 N–H and O–H groups in total. The molecule has 8 rings (SSSR count). The molecule has 73 heavy (non-hydrogen) atoms. The fourth-order valence-corrected chi connectivity index (χ4v) is 12.6. The van der Waals surface area contributed by atoms with Crippen LogP contribution in [-0.2, 0) is 24.5 Å². The van der Waals surface area contributed by atoms with Gasteiger partial charge < -0.3 is 40.3 Å². The zero-order chi connectivity index (χ0) is 52.6. The number of aliphatic hydroxyl groups excluding tert-OH is 1. The number of aliphatic hydroxyl groups is 1. The number of β-amino-alcohol motifs (C(OH)–C–C–N with tert-alkyl or cyclic N) is 1. The van der Waals surface area contributed by atoms with Crippen LogP contribution >= 0.6 is 22.9 Å². The number of hydrogen-bond donors (Lipinski definition) is 4. The van der Waals surface area contributed by atoms with Crippen molar-refractivity contribution in [3.8, 4) is 22.3 Å². The van der Waals surface area contributed by atoms with Crippen LogP contribution in [-0.4, -0.2) is 138 Å². The van der Waals surface area contributed by atoms with Gasteiger partial charge in [0.15, 0.2) is 0 Å². The summed E-state index contributed by atoms with van der Waals surface area (Å²) in [5.41, 5.74) is 5.27. The molecule has 4 aliphatic rings. The molecule has 1 aromatic heterocycles. The van der Waals surface area contributed by atoms with Crippen LogP contribution in [0.4, 0.5) is 0 Å². The largest absolute Gasteiger partial charge is 0.489 e.